The van der Waals surface area contributed by atoms with Crippen molar-refractivity contribution in [1.29, 1.82) is 0 Å². The molecule has 0 aliphatic carbocycles. The van der Waals surface area contributed by atoms with Crippen molar-refractivity contribution in [3.8, 4) is 0 Å². The third-order valence-electron chi connectivity index (χ3n) is 0.535. The van der Waals surface area contributed by atoms with E-state index in [2.05, 4.69) is 7.11 Å². The Balaban J connectivity index is 3.15. The molecule has 0 saturated carbocycles. The van der Waals surface area contributed by atoms with E-state index in [0.717, 1.165) is 6.61 Å². The van der Waals surface area contributed by atoms with E-state index in [1.54, 1.807) is 0 Å². The first-order valence-electron chi connectivity index (χ1n) is 2.43. The Labute approximate surface area is 54.1 Å². The van der Waals surface area contributed by atoms with E-state index >= 15 is 0 Å². The fourth-order valence-corrected chi connectivity index (χ4v) is 0.919. The molecule has 0 aliphatic rings. The molecule has 0 bridgehead atoms. The first-order chi connectivity index (χ1) is 3.06. The zero-order chi connectivity index (χ0) is 5.91. The van der Waals surface area contributed by atoms with Gasteiger partial charge in [0.2, 0.25) is 0 Å². The molecule has 0 amide bonds. The highest BCUT2D eigenvalue weighted by atomic mass is 28.3. The molecule has 1 radical (unpaired) electrons. The van der Waals surface area contributed by atoms with Crippen molar-refractivity contribution >= 4 is 30.7 Å². The number of hydrogen-bond acceptors (Lipinski definition) is 1. The van der Waals surface area contributed by atoms with Gasteiger partial charge in [0.15, 0.2) is 0 Å². The van der Waals surface area contributed by atoms with Crippen molar-refractivity contribution in [2.24, 2.45) is 0 Å². The summed E-state index contributed by atoms with van der Waals surface area (Å²) in [6.45, 7) is 0.914. The average Bonchev–Trinajstić information content (AvgIpc) is 1.30. The molecule has 0 aromatic carbocycles. The third-order valence-corrected chi connectivity index (χ3v) is 1.40. The first kappa shape index (κ1) is 7.61. The summed E-state index contributed by atoms with van der Waals surface area (Å²) in [4.78, 5) is 0. The van der Waals surface area contributed by atoms with Crippen LogP contribution in [-0.2, 0) is 4.74 Å². The van der Waals surface area contributed by atoms with Crippen LogP contribution < -0.4 is 0 Å². The third kappa shape index (κ3) is 6.61. The van der Waals surface area contributed by atoms with Crippen LogP contribution in [0.15, 0.2) is 0 Å². The van der Waals surface area contributed by atoms with Crippen molar-refractivity contribution in [3.63, 3.8) is 0 Å². The first-order valence-corrected chi connectivity index (χ1v) is 5.43. The molecule has 0 heterocycles. The molecular formula is C3H13OSi3. The zero-order valence-corrected chi connectivity index (χ0v) is 11.3. The fourth-order valence-electron chi connectivity index (χ4n) is 0.306. The molecule has 0 N–H and O–H groups in total. The van der Waals surface area contributed by atoms with Gasteiger partial charge >= 0.3 is 0 Å². The van der Waals surface area contributed by atoms with Crippen molar-refractivity contribution in [1.82, 2.24) is 0 Å². The zero-order valence-electron chi connectivity index (χ0n) is 5.32. The van der Waals surface area contributed by atoms with Crippen molar-refractivity contribution in [2.45, 2.75) is 4.28 Å². The predicted molar refractivity (Wildman–Crippen MR) is 43.8 cm³/mol. The SMILES string of the molecule is [CH2]OCC([SiH3])([SiH3])[SiH3]. The predicted octanol–water partition coefficient (Wildman–Crippen LogP) is -3.04. The van der Waals surface area contributed by atoms with Crippen LogP contribution in [0.25, 0.3) is 0 Å². The van der Waals surface area contributed by atoms with Gasteiger partial charge in [0.05, 0.1) is 7.11 Å². The molecule has 7 heavy (non-hydrogen) atoms. The summed E-state index contributed by atoms with van der Waals surface area (Å²) in [5, 5.41) is 0. The molecule has 0 saturated heterocycles. The molecule has 0 aromatic rings. The summed E-state index contributed by atoms with van der Waals surface area (Å²) >= 11 is 0. The van der Waals surface area contributed by atoms with Gasteiger partial charge < -0.3 is 4.74 Å². The van der Waals surface area contributed by atoms with Crippen LogP contribution in [0.1, 0.15) is 0 Å². The number of rotatable bonds is 2. The molecule has 0 fully saturated rings. The Hall–Kier alpha value is 0.611. The van der Waals surface area contributed by atoms with Gasteiger partial charge in [-0.2, -0.15) is 0 Å². The van der Waals surface area contributed by atoms with Crippen LogP contribution in [0.5, 0.6) is 0 Å². The number of hydrogen-bond donors (Lipinski definition) is 0. The normalized spacial score (nSPS) is 20.1. The van der Waals surface area contributed by atoms with E-state index in [4.69, 9.17) is 4.74 Å². The summed E-state index contributed by atoms with van der Waals surface area (Å²) < 4.78 is 5.44. The topological polar surface area (TPSA) is 9.23 Å². The highest BCUT2D eigenvalue weighted by Gasteiger charge is 2.07. The van der Waals surface area contributed by atoms with E-state index in [9.17, 15) is 0 Å². The maximum atomic E-state index is 4.76. The van der Waals surface area contributed by atoms with E-state index < -0.39 is 0 Å². The van der Waals surface area contributed by atoms with E-state index in [1.807, 2.05) is 0 Å². The van der Waals surface area contributed by atoms with Gasteiger partial charge in [-0.3, -0.25) is 0 Å². The Bertz CT molecular complexity index is 48.6. The van der Waals surface area contributed by atoms with Crippen molar-refractivity contribution < 1.29 is 4.74 Å². The number of ether oxygens (including phenoxy) is 1. The highest BCUT2D eigenvalue weighted by molar-refractivity contribution is 6.59. The van der Waals surface area contributed by atoms with Gasteiger partial charge in [0, 0.05) is 37.3 Å². The average molecular weight is 149 g/mol. The molecule has 0 aromatic heterocycles. The van der Waals surface area contributed by atoms with E-state index in [0.29, 0.717) is 4.28 Å². The second-order valence-corrected chi connectivity index (χ2v) is 17.0. The molecule has 0 spiro atoms. The van der Waals surface area contributed by atoms with Gasteiger partial charge in [0.25, 0.3) is 0 Å². The minimum absolute atomic E-state index is 0.682. The van der Waals surface area contributed by atoms with Gasteiger partial charge in [-0.15, -0.1) is 0 Å². The molecule has 0 atom stereocenters. The molecule has 0 unspecified atom stereocenters. The summed E-state index contributed by atoms with van der Waals surface area (Å²) in [6.07, 6.45) is 0. The lowest BCUT2D eigenvalue weighted by Crippen LogP contribution is -2.18. The summed E-state index contributed by atoms with van der Waals surface area (Å²) in [5.41, 5.74) is 0. The molecule has 0 aliphatic heterocycles. The standard InChI is InChI=1S/C3H13OSi3/c1-4-2-3(5,6)7/h1-2H2,5-7H3. The lowest BCUT2D eigenvalue weighted by atomic mass is 10.8. The molecular weight excluding hydrogens is 136 g/mol. The van der Waals surface area contributed by atoms with Crippen LogP contribution >= 0.6 is 0 Å². The Morgan fingerprint density at radius 3 is 1.86 bits per heavy atom. The lowest BCUT2D eigenvalue weighted by molar-refractivity contribution is 0.247. The Kier molecular flexibility index (Phi) is 3.05. The van der Waals surface area contributed by atoms with Crippen LogP contribution in [0.2, 0.25) is 4.28 Å². The van der Waals surface area contributed by atoms with Crippen molar-refractivity contribution in [2.75, 3.05) is 6.61 Å². The quantitative estimate of drug-likeness (QED) is 0.380. The minimum Gasteiger partial charge on any atom is -0.379 e. The van der Waals surface area contributed by atoms with Crippen LogP contribution in [-0.4, -0.2) is 37.3 Å². The second-order valence-electron chi connectivity index (χ2n) is 2.91. The maximum Gasteiger partial charge on any atom is 0.0700 e. The second kappa shape index (κ2) is 2.81. The van der Waals surface area contributed by atoms with Gasteiger partial charge in [-0.1, -0.05) is 0 Å². The lowest BCUT2D eigenvalue weighted by Gasteiger charge is -2.14. The minimum atomic E-state index is 0.682. The molecule has 43 valence electrons. The van der Waals surface area contributed by atoms with Crippen LogP contribution in [0.4, 0.5) is 0 Å². The summed E-state index contributed by atoms with van der Waals surface area (Å²) in [6, 6.07) is 0. The Morgan fingerprint density at radius 1 is 1.43 bits per heavy atom. The maximum absolute atomic E-state index is 4.76. The van der Waals surface area contributed by atoms with Crippen LogP contribution in [0.3, 0.4) is 0 Å². The highest BCUT2D eigenvalue weighted by Crippen LogP contribution is 2.06. The van der Waals surface area contributed by atoms with Gasteiger partial charge in [-0.05, 0) is 4.28 Å². The summed E-state index contributed by atoms with van der Waals surface area (Å²) in [5.74, 6) is 0. The van der Waals surface area contributed by atoms with Crippen LogP contribution in [0, 0.1) is 7.11 Å². The van der Waals surface area contributed by atoms with E-state index in [-0.39, 0.29) is 0 Å². The van der Waals surface area contributed by atoms with E-state index in [1.165, 1.54) is 30.7 Å². The molecule has 1 nitrogen and oxygen atoms in total. The monoisotopic (exact) mass is 149 g/mol. The molecule has 4 heteroatoms. The largest absolute Gasteiger partial charge is 0.379 e. The fraction of sp³-hybridized carbons (Fsp3) is 0.667. The van der Waals surface area contributed by atoms with Crippen molar-refractivity contribution in [3.05, 3.63) is 7.11 Å². The smallest absolute Gasteiger partial charge is 0.0700 e. The van der Waals surface area contributed by atoms with Gasteiger partial charge in [0.1, 0.15) is 0 Å². The summed E-state index contributed by atoms with van der Waals surface area (Å²) in [7, 11) is 7.23. The molecule has 0 rings (SSSR count). The van der Waals surface area contributed by atoms with Gasteiger partial charge in [-0.25, -0.2) is 0 Å². The Morgan fingerprint density at radius 2 is 1.86 bits per heavy atom.